The molecule has 9 rings (SSSR count). The first-order chi connectivity index (χ1) is 22.3. The first-order valence-electron chi connectivity index (χ1n) is 16.5. The average Bonchev–Trinajstić information content (AvgIpc) is 3.11. The third-order valence-electron chi connectivity index (χ3n) is 10.1. The van der Waals surface area contributed by atoms with Crippen LogP contribution in [-0.2, 0) is 0 Å². The molecular weight excluding hydrogens is 542 g/mol. The number of para-hydroxylation sites is 2. The summed E-state index contributed by atoms with van der Waals surface area (Å²) < 4.78 is 0. The summed E-state index contributed by atoms with van der Waals surface area (Å²) in [6.45, 7) is 0. The number of fused-ring (bicyclic) bond motifs is 6. The Kier molecular flexibility index (Phi) is 6.30. The minimum atomic E-state index is 0.622. The van der Waals surface area contributed by atoms with Crippen LogP contribution in [0, 0.1) is 0 Å². The molecule has 0 saturated heterocycles. The molecule has 2 aliphatic carbocycles. The second-order valence-corrected chi connectivity index (χ2v) is 12.8. The lowest BCUT2D eigenvalue weighted by molar-refractivity contribution is 0.444. The van der Waals surface area contributed by atoms with E-state index >= 15 is 0 Å². The van der Waals surface area contributed by atoms with Gasteiger partial charge in [0, 0.05) is 17.1 Å². The van der Waals surface area contributed by atoms with Crippen LogP contribution in [-0.4, -0.2) is 0 Å². The fraction of sp³-hybridized carbons (Fsp3) is 0.136. The summed E-state index contributed by atoms with van der Waals surface area (Å²) in [5.41, 5.74) is 13.2. The van der Waals surface area contributed by atoms with Gasteiger partial charge >= 0.3 is 0 Å². The summed E-state index contributed by atoms with van der Waals surface area (Å²) in [4.78, 5) is 2.48. The molecule has 0 bridgehead atoms. The molecule has 7 aromatic rings. The second-order valence-electron chi connectivity index (χ2n) is 12.8. The summed E-state index contributed by atoms with van der Waals surface area (Å²) in [5, 5.41) is 5.16. The smallest absolute Gasteiger partial charge is 0.0496 e. The Morgan fingerprint density at radius 1 is 0.400 bits per heavy atom. The van der Waals surface area contributed by atoms with E-state index in [1.807, 2.05) is 0 Å². The zero-order chi connectivity index (χ0) is 29.7. The summed E-state index contributed by atoms with van der Waals surface area (Å²) in [7, 11) is 0. The zero-order valence-corrected chi connectivity index (χ0v) is 25.4. The minimum absolute atomic E-state index is 0.622. The number of hydrogen-bond donors (Lipinski definition) is 0. The predicted molar refractivity (Wildman–Crippen MR) is 192 cm³/mol. The summed E-state index contributed by atoms with van der Waals surface area (Å²) >= 11 is 0. The SMILES string of the molecule is c1ccc(-c2ccc3cc4c(cc3c2)-c2cc3ccc(N(c5ccccc5)c5ccccc5C5CCCCC5)cc3cc2-4)cc1. The predicted octanol–water partition coefficient (Wildman–Crippen LogP) is 12.8. The molecule has 0 spiro atoms. The van der Waals surface area contributed by atoms with Gasteiger partial charge in [-0.15, -0.1) is 0 Å². The number of benzene rings is 7. The van der Waals surface area contributed by atoms with E-state index in [-0.39, 0.29) is 0 Å². The van der Waals surface area contributed by atoms with E-state index in [9.17, 15) is 0 Å². The molecule has 1 saturated carbocycles. The molecule has 216 valence electrons. The Bertz CT molecular complexity index is 2190. The maximum absolute atomic E-state index is 2.48. The standard InChI is InChI=1S/C44H35N/c1-4-12-30(13-5-1)32-20-21-33-26-40-42(28-35(33)24-32)41-27-34-22-23-38(25-36(34)29-43(40)41)45(37-16-8-3-9-17-37)44-19-11-10-18-39(44)31-14-6-2-7-15-31/h1,3-5,8-13,16-29,31H,2,6-7,14-15H2. The molecule has 0 radical (unpaired) electrons. The van der Waals surface area contributed by atoms with Gasteiger partial charge in [0.1, 0.15) is 0 Å². The average molecular weight is 578 g/mol. The van der Waals surface area contributed by atoms with Crippen molar-refractivity contribution in [2.24, 2.45) is 0 Å². The van der Waals surface area contributed by atoms with Crippen LogP contribution in [0.25, 0.3) is 54.9 Å². The van der Waals surface area contributed by atoms with Gasteiger partial charge in [0.2, 0.25) is 0 Å². The largest absolute Gasteiger partial charge is 0.310 e. The first kappa shape index (κ1) is 26.3. The van der Waals surface area contributed by atoms with Crippen LogP contribution in [0.2, 0.25) is 0 Å². The summed E-state index contributed by atoms with van der Waals surface area (Å²) in [6.07, 6.45) is 6.59. The number of hydrogen-bond acceptors (Lipinski definition) is 1. The van der Waals surface area contributed by atoms with Crippen LogP contribution >= 0.6 is 0 Å². The van der Waals surface area contributed by atoms with Crippen molar-refractivity contribution in [2.75, 3.05) is 4.90 Å². The molecule has 0 aliphatic heterocycles. The Hall–Kier alpha value is -5.14. The van der Waals surface area contributed by atoms with Crippen LogP contribution in [0.15, 0.2) is 146 Å². The van der Waals surface area contributed by atoms with Gasteiger partial charge in [-0.05, 0) is 140 Å². The monoisotopic (exact) mass is 577 g/mol. The molecule has 1 heteroatoms. The number of nitrogens with zero attached hydrogens (tertiary/aromatic N) is 1. The Morgan fingerprint density at radius 3 is 1.69 bits per heavy atom. The third kappa shape index (κ3) is 4.54. The lowest BCUT2D eigenvalue weighted by Crippen LogP contribution is -2.15. The first-order valence-corrected chi connectivity index (χ1v) is 16.5. The molecule has 1 fully saturated rings. The van der Waals surface area contributed by atoms with Gasteiger partial charge in [-0.1, -0.05) is 104 Å². The molecule has 2 aliphatic rings. The lowest BCUT2D eigenvalue weighted by atomic mass is 9.77. The van der Waals surface area contributed by atoms with E-state index in [4.69, 9.17) is 0 Å². The molecule has 0 heterocycles. The fourth-order valence-corrected chi connectivity index (χ4v) is 7.82. The quantitative estimate of drug-likeness (QED) is 0.197. The molecule has 0 amide bonds. The molecule has 0 N–H and O–H groups in total. The normalized spacial score (nSPS) is 14.1. The van der Waals surface area contributed by atoms with Gasteiger partial charge in [0.25, 0.3) is 0 Å². The van der Waals surface area contributed by atoms with Crippen LogP contribution < -0.4 is 4.90 Å². The van der Waals surface area contributed by atoms with Gasteiger partial charge in [0.15, 0.2) is 0 Å². The molecule has 0 aromatic heterocycles. The number of rotatable bonds is 5. The van der Waals surface area contributed by atoms with E-state index in [1.54, 1.807) is 0 Å². The lowest BCUT2D eigenvalue weighted by Gasteiger charge is -2.32. The third-order valence-corrected chi connectivity index (χ3v) is 10.1. The zero-order valence-electron chi connectivity index (χ0n) is 25.4. The number of anilines is 3. The van der Waals surface area contributed by atoms with Gasteiger partial charge in [-0.25, -0.2) is 0 Å². The Balaban J connectivity index is 1.13. The van der Waals surface area contributed by atoms with Crippen molar-refractivity contribution >= 4 is 38.6 Å². The maximum Gasteiger partial charge on any atom is 0.0496 e. The van der Waals surface area contributed by atoms with Crippen molar-refractivity contribution in [3.63, 3.8) is 0 Å². The van der Waals surface area contributed by atoms with E-state index in [1.165, 1.54) is 110 Å². The van der Waals surface area contributed by atoms with E-state index in [2.05, 4.69) is 150 Å². The highest BCUT2D eigenvalue weighted by molar-refractivity contribution is 6.12. The topological polar surface area (TPSA) is 3.24 Å². The van der Waals surface area contributed by atoms with Crippen LogP contribution in [0.5, 0.6) is 0 Å². The molecule has 0 unspecified atom stereocenters. The molecule has 45 heavy (non-hydrogen) atoms. The minimum Gasteiger partial charge on any atom is -0.310 e. The van der Waals surface area contributed by atoms with Crippen molar-refractivity contribution in [2.45, 2.75) is 38.0 Å². The van der Waals surface area contributed by atoms with Crippen LogP contribution in [0.1, 0.15) is 43.6 Å². The van der Waals surface area contributed by atoms with Gasteiger partial charge < -0.3 is 4.90 Å². The van der Waals surface area contributed by atoms with E-state index in [0.717, 1.165) is 0 Å². The van der Waals surface area contributed by atoms with Gasteiger partial charge in [-0.2, -0.15) is 0 Å². The Morgan fingerprint density at radius 2 is 0.978 bits per heavy atom. The van der Waals surface area contributed by atoms with Gasteiger partial charge in [-0.3, -0.25) is 0 Å². The van der Waals surface area contributed by atoms with Crippen LogP contribution in [0.3, 0.4) is 0 Å². The van der Waals surface area contributed by atoms with Crippen LogP contribution in [0.4, 0.5) is 17.1 Å². The highest BCUT2D eigenvalue weighted by Gasteiger charge is 2.26. The van der Waals surface area contributed by atoms with Crippen molar-refractivity contribution in [1.29, 1.82) is 0 Å². The van der Waals surface area contributed by atoms with Gasteiger partial charge in [0.05, 0.1) is 0 Å². The van der Waals surface area contributed by atoms with Crippen molar-refractivity contribution in [3.8, 4) is 33.4 Å². The van der Waals surface area contributed by atoms with E-state index in [0.29, 0.717) is 5.92 Å². The van der Waals surface area contributed by atoms with Crippen molar-refractivity contribution in [3.05, 3.63) is 151 Å². The van der Waals surface area contributed by atoms with Crippen molar-refractivity contribution in [1.82, 2.24) is 0 Å². The second kappa shape index (κ2) is 10.8. The Labute approximate surface area is 265 Å². The highest BCUT2D eigenvalue weighted by atomic mass is 15.1. The van der Waals surface area contributed by atoms with E-state index < -0.39 is 0 Å². The summed E-state index contributed by atoms with van der Waals surface area (Å²) in [6, 6.07) is 54.1. The van der Waals surface area contributed by atoms with Crippen molar-refractivity contribution < 1.29 is 0 Å². The fourth-order valence-electron chi connectivity index (χ4n) is 7.82. The molecule has 1 nitrogen and oxygen atoms in total. The molecular formula is C44H35N. The maximum atomic E-state index is 2.48. The molecule has 0 atom stereocenters. The summed E-state index contributed by atoms with van der Waals surface area (Å²) in [5.74, 6) is 0.622. The molecule has 7 aromatic carbocycles. The highest BCUT2D eigenvalue weighted by Crippen LogP contribution is 2.51.